The molecule has 0 aliphatic rings. The van der Waals surface area contributed by atoms with Crippen LogP contribution in [0.15, 0.2) is 12.1 Å². The predicted octanol–water partition coefficient (Wildman–Crippen LogP) is 1.05. The summed E-state index contributed by atoms with van der Waals surface area (Å²) in [6, 6.07) is 2.68. The van der Waals surface area contributed by atoms with Crippen molar-refractivity contribution in [2.45, 2.75) is 13.8 Å². The molecule has 0 radical (unpaired) electrons. The van der Waals surface area contributed by atoms with Crippen LogP contribution in [0.5, 0.6) is 5.75 Å². The monoisotopic (exact) mass is 236 g/mol. The molecule has 92 valence electrons. The summed E-state index contributed by atoms with van der Waals surface area (Å²) in [5, 5.41) is 19.5. The third kappa shape index (κ3) is 2.30. The molecule has 0 bridgehead atoms. The molecule has 1 aromatic carbocycles. The molecule has 0 saturated carbocycles. The SMILES string of the molecule is CNC(=O)N(C(=N)N)c1c(C)ccc(O)c1C. The minimum atomic E-state index is -0.519. The highest BCUT2D eigenvalue weighted by Crippen LogP contribution is 2.31. The molecular formula is C11H16N4O2. The van der Waals surface area contributed by atoms with Gasteiger partial charge in [-0.15, -0.1) is 0 Å². The highest BCUT2D eigenvalue weighted by Gasteiger charge is 2.22. The zero-order valence-corrected chi connectivity index (χ0v) is 10.0. The number of guanidine groups is 1. The van der Waals surface area contributed by atoms with Gasteiger partial charge in [-0.25, -0.2) is 9.69 Å². The molecule has 0 atom stereocenters. The summed E-state index contributed by atoms with van der Waals surface area (Å²) in [4.78, 5) is 12.7. The molecule has 0 unspecified atom stereocenters. The first-order valence-electron chi connectivity index (χ1n) is 5.05. The number of phenolic OH excluding ortho intramolecular Hbond substituents is 1. The van der Waals surface area contributed by atoms with Crippen molar-refractivity contribution in [3.8, 4) is 5.75 Å². The lowest BCUT2D eigenvalue weighted by Crippen LogP contribution is -2.46. The van der Waals surface area contributed by atoms with Crippen molar-refractivity contribution >= 4 is 17.7 Å². The van der Waals surface area contributed by atoms with Crippen LogP contribution in [-0.2, 0) is 0 Å². The second kappa shape index (κ2) is 4.73. The average molecular weight is 236 g/mol. The van der Waals surface area contributed by atoms with E-state index in [1.54, 1.807) is 19.9 Å². The van der Waals surface area contributed by atoms with Crippen molar-refractivity contribution in [2.24, 2.45) is 5.73 Å². The van der Waals surface area contributed by atoms with Gasteiger partial charge >= 0.3 is 6.03 Å². The van der Waals surface area contributed by atoms with Crippen LogP contribution in [0.3, 0.4) is 0 Å². The quantitative estimate of drug-likeness (QED) is 0.433. The maximum atomic E-state index is 11.7. The molecule has 1 aromatic rings. The van der Waals surface area contributed by atoms with Crippen molar-refractivity contribution < 1.29 is 9.90 Å². The number of carbonyl (C=O) groups is 1. The highest BCUT2D eigenvalue weighted by molar-refractivity contribution is 6.14. The molecule has 0 fully saturated rings. The van der Waals surface area contributed by atoms with Crippen LogP contribution >= 0.6 is 0 Å². The third-order valence-electron chi connectivity index (χ3n) is 2.49. The molecule has 2 amide bonds. The summed E-state index contributed by atoms with van der Waals surface area (Å²) in [5.74, 6) is -0.345. The van der Waals surface area contributed by atoms with Crippen LogP contribution in [0.4, 0.5) is 10.5 Å². The Morgan fingerprint density at radius 1 is 1.47 bits per heavy atom. The summed E-state index contributed by atoms with van der Waals surface area (Å²) in [6.45, 7) is 3.44. The van der Waals surface area contributed by atoms with Gasteiger partial charge in [0.2, 0.25) is 5.96 Å². The number of nitrogens with one attached hydrogen (secondary N) is 2. The van der Waals surface area contributed by atoms with Gasteiger partial charge in [0.15, 0.2) is 0 Å². The topological polar surface area (TPSA) is 102 Å². The summed E-state index contributed by atoms with van der Waals surface area (Å²) < 4.78 is 0. The first kappa shape index (κ1) is 12.8. The normalized spacial score (nSPS) is 9.82. The minimum Gasteiger partial charge on any atom is -0.508 e. The first-order valence-corrected chi connectivity index (χ1v) is 5.05. The number of rotatable bonds is 1. The van der Waals surface area contributed by atoms with E-state index in [9.17, 15) is 9.90 Å². The minimum absolute atomic E-state index is 0.0563. The molecule has 5 N–H and O–H groups in total. The second-order valence-corrected chi connectivity index (χ2v) is 3.65. The number of nitrogens with zero attached hydrogens (tertiary/aromatic N) is 1. The van der Waals surface area contributed by atoms with Gasteiger partial charge in [-0.05, 0) is 25.5 Å². The molecule has 0 spiro atoms. The van der Waals surface area contributed by atoms with Gasteiger partial charge < -0.3 is 16.2 Å². The van der Waals surface area contributed by atoms with Gasteiger partial charge in [0.05, 0.1) is 5.69 Å². The number of hydrogen-bond acceptors (Lipinski definition) is 3. The van der Waals surface area contributed by atoms with E-state index in [4.69, 9.17) is 11.1 Å². The molecule has 6 nitrogen and oxygen atoms in total. The summed E-state index contributed by atoms with van der Waals surface area (Å²) >= 11 is 0. The Hall–Kier alpha value is -2.24. The zero-order chi connectivity index (χ0) is 13.2. The predicted molar refractivity (Wildman–Crippen MR) is 66.4 cm³/mol. The number of aryl methyl sites for hydroxylation is 1. The standard InChI is InChI=1S/C11H16N4O2/c1-6-4-5-8(16)7(2)9(6)15(10(12)13)11(17)14-3/h4-5,16H,1-3H3,(H3,12,13)(H,14,17). The molecule has 0 aliphatic carbocycles. The fraction of sp³-hybridized carbons (Fsp3) is 0.273. The van der Waals surface area contributed by atoms with E-state index >= 15 is 0 Å². The third-order valence-corrected chi connectivity index (χ3v) is 2.49. The second-order valence-electron chi connectivity index (χ2n) is 3.65. The zero-order valence-electron chi connectivity index (χ0n) is 10.0. The van der Waals surface area contributed by atoms with E-state index in [0.29, 0.717) is 11.3 Å². The van der Waals surface area contributed by atoms with Crippen LogP contribution in [-0.4, -0.2) is 24.1 Å². The molecule has 6 heteroatoms. The van der Waals surface area contributed by atoms with E-state index in [0.717, 1.165) is 10.5 Å². The number of hydrogen-bond donors (Lipinski definition) is 4. The largest absolute Gasteiger partial charge is 0.508 e. The lowest BCUT2D eigenvalue weighted by molar-refractivity contribution is 0.251. The highest BCUT2D eigenvalue weighted by atomic mass is 16.3. The lowest BCUT2D eigenvalue weighted by atomic mass is 10.1. The number of nitrogens with two attached hydrogens (primary N) is 1. The van der Waals surface area contributed by atoms with Crippen LogP contribution in [0.25, 0.3) is 0 Å². The smallest absolute Gasteiger partial charge is 0.328 e. The van der Waals surface area contributed by atoms with Gasteiger partial charge in [0.1, 0.15) is 5.75 Å². The number of phenols is 1. The Balaban J connectivity index is 3.43. The molecule has 1 rings (SSSR count). The van der Waals surface area contributed by atoms with Gasteiger partial charge in [-0.2, -0.15) is 0 Å². The first-order chi connectivity index (χ1) is 7.90. The van der Waals surface area contributed by atoms with E-state index in [2.05, 4.69) is 5.32 Å². The Kier molecular flexibility index (Phi) is 3.57. The van der Waals surface area contributed by atoms with Crippen LogP contribution < -0.4 is 16.0 Å². The Morgan fingerprint density at radius 3 is 2.53 bits per heavy atom. The van der Waals surface area contributed by atoms with E-state index in [1.807, 2.05) is 0 Å². The van der Waals surface area contributed by atoms with Gasteiger partial charge in [-0.3, -0.25) is 5.41 Å². The Morgan fingerprint density at radius 2 is 2.06 bits per heavy atom. The van der Waals surface area contributed by atoms with Crippen LogP contribution in [0.2, 0.25) is 0 Å². The molecule has 0 saturated heterocycles. The molecule has 17 heavy (non-hydrogen) atoms. The number of amides is 2. The maximum Gasteiger partial charge on any atom is 0.328 e. The number of anilines is 1. The Bertz CT molecular complexity index is 471. The van der Waals surface area contributed by atoms with Crippen LogP contribution in [0, 0.1) is 19.3 Å². The van der Waals surface area contributed by atoms with E-state index in [-0.39, 0.29) is 5.75 Å². The lowest BCUT2D eigenvalue weighted by Gasteiger charge is -2.24. The number of urea groups is 1. The van der Waals surface area contributed by atoms with Gasteiger partial charge in [0.25, 0.3) is 0 Å². The maximum absolute atomic E-state index is 11.7. The average Bonchev–Trinajstić information content (AvgIpc) is 2.28. The van der Waals surface area contributed by atoms with Gasteiger partial charge in [0, 0.05) is 12.6 Å². The van der Waals surface area contributed by atoms with E-state index < -0.39 is 12.0 Å². The fourth-order valence-corrected chi connectivity index (χ4v) is 1.61. The van der Waals surface area contributed by atoms with Crippen molar-refractivity contribution in [1.29, 1.82) is 5.41 Å². The van der Waals surface area contributed by atoms with Crippen molar-refractivity contribution in [1.82, 2.24) is 5.32 Å². The summed E-state index contributed by atoms with van der Waals surface area (Å²) in [7, 11) is 1.45. The summed E-state index contributed by atoms with van der Waals surface area (Å²) in [6.07, 6.45) is 0. The fourth-order valence-electron chi connectivity index (χ4n) is 1.61. The number of aromatic hydroxyl groups is 1. The van der Waals surface area contributed by atoms with Crippen molar-refractivity contribution in [3.63, 3.8) is 0 Å². The van der Waals surface area contributed by atoms with E-state index in [1.165, 1.54) is 13.1 Å². The molecule has 0 aliphatic heterocycles. The molecule has 0 heterocycles. The van der Waals surface area contributed by atoms with Crippen LogP contribution in [0.1, 0.15) is 11.1 Å². The van der Waals surface area contributed by atoms with Crippen molar-refractivity contribution in [3.05, 3.63) is 23.3 Å². The molecule has 0 aromatic heterocycles. The summed E-state index contributed by atoms with van der Waals surface area (Å²) in [5.41, 5.74) is 7.08. The number of benzene rings is 1. The Labute approximate surface area is 99.5 Å². The number of carbonyl (C=O) groups excluding carboxylic acids is 1. The van der Waals surface area contributed by atoms with Gasteiger partial charge in [-0.1, -0.05) is 6.07 Å². The van der Waals surface area contributed by atoms with Crippen molar-refractivity contribution in [2.75, 3.05) is 11.9 Å². The molecular weight excluding hydrogens is 220 g/mol.